The van der Waals surface area contributed by atoms with Gasteiger partial charge in [-0.1, -0.05) is 13.8 Å². The summed E-state index contributed by atoms with van der Waals surface area (Å²) in [4.78, 5) is 48.5. The Morgan fingerprint density at radius 1 is 1.21 bits per heavy atom. The molecule has 0 aromatic carbocycles. The number of carbonyl (C=O) groups excluding carboxylic acids is 4. The average molecular weight is 266 g/mol. The molecule has 104 valence electrons. The number of hydrogen-bond donors (Lipinski definition) is 1. The third kappa shape index (κ3) is 2.05. The second kappa shape index (κ2) is 4.75. The lowest BCUT2D eigenvalue weighted by Gasteiger charge is -2.30. The van der Waals surface area contributed by atoms with Gasteiger partial charge in [0.2, 0.25) is 23.6 Å². The molecule has 2 rings (SSSR count). The van der Waals surface area contributed by atoms with Crippen LogP contribution in [0.25, 0.3) is 0 Å². The van der Waals surface area contributed by atoms with Crippen molar-refractivity contribution in [1.82, 2.24) is 10.2 Å². The van der Waals surface area contributed by atoms with E-state index in [9.17, 15) is 19.2 Å². The highest BCUT2D eigenvalue weighted by Gasteiger charge is 2.53. The number of nitrogens with one attached hydrogen (secondary N) is 1. The van der Waals surface area contributed by atoms with Crippen molar-refractivity contribution < 1.29 is 19.2 Å². The van der Waals surface area contributed by atoms with Crippen molar-refractivity contribution in [2.45, 2.75) is 52.0 Å². The van der Waals surface area contributed by atoms with Crippen LogP contribution in [0.1, 0.15) is 46.0 Å². The van der Waals surface area contributed by atoms with Gasteiger partial charge in [0.05, 0.1) is 5.41 Å². The Labute approximate surface area is 111 Å². The molecule has 4 amide bonds. The van der Waals surface area contributed by atoms with E-state index in [1.165, 1.54) is 0 Å². The summed E-state index contributed by atoms with van der Waals surface area (Å²) in [6.07, 6.45) is 1.72. The predicted molar refractivity (Wildman–Crippen MR) is 65.7 cm³/mol. The van der Waals surface area contributed by atoms with Crippen molar-refractivity contribution in [2.24, 2.45) is 5.41 Å². The van der Waals surface area contributed by atoms with Crippen LogP contribution in [0.3, 0.4) is 0 Å². The Kier molecular flexibility index (Phi) is 3.43. The number of hydrogen-bond acceptors (Lipinski definition) is 4. The van der Waals surface area contributed by atoms with Crippen LogP contribution in [-0.2, 0) is 19.2 Å². The Bertz CT molecular complexity index is 454. The van der Waals surface area contributed by atoms with Gasteiger partial charge in [-0.05, 0) is 19.3 Å². The van der Waals surface area contributed by atoms with Crippen molar-refractivity contribution in [3.63, 3.8) is 0 Å². The van der Waals surface area contributed by atoms with Crippen LogP contribution in [0.5, 0.6) is 0 Å². The first-order chi connectivity index (χ1) is 8.95. The number of rotatable bonds is 3. The smallest absolute Gasteiger partial charge is 0.249 e. The van der Waals surface area contributed by atoms with E-state index < -0.39 is 17.4 Å². The molecule has 1 N–H and O–H groups in total. The first-order valence-corrected chi connectivity index (χ1v) is 6.65. The molecule has 0 radical (unpaired) electrons. The van der Waals surface area contributed by atoms with E-state index in [1.54, 1.807) is 0 Å². The van der Waals surface area contributed by atoms with Gasteiger partial charge < -0.3 is 0 Å². The number of amides is 4. The Hall–Kier alpha value is -1.72. The van der Waals surface area contributed by atoms with E-state index in [0.717, 1.165) is 4.90 Å². The van der Waals surface area contributed by atoms with E-state index in [4.69, 9.17) is 0 Å². The van der Waals surface area contributed by atoms with E-state index in [0.29, 0.717) is 12.8 Å². The van der Waals surface area contributed by atoms with Crippen LogP contribution in [0.4, 0.5) is 0 Å². The predicted octanol–water partition coefficient (Wildman–Crippen LogP) is 0.357. The van der Waals surface area contributed by atoms with Crippen molar-refractivity contribution >= 4 is 23.6 Å². The van der Waals surface area contributed by atoms with Crippen LogP contribution in [0, 0.1) is 5.41 Å². The normalized spacial score (nSPS) is 26.8. The molecule has 0 aliphatic carbocycles. The summed E-state index contributed by atoms with van der Waals surface area (Å²) in [6.45, 7) is 3.76. The molecule has 1 atom stereocenters. The molecular formula is C13H18N2O4. The lowest BCUT2D eigenvalue weighted by molar-refractivity contribution is -0.152. The molecular weight excluding hydrogens is 248 g/mol. The molecule has 19 heavy (non-hydrogen) atoms. The molecule has 0 aromatic rings. The van der Waals surface area contributed by atoms with Gasteiger partial charge in [-0.3, -0.25) is 29.4 Å². The van der Waals surface area contributed by atoms with Gasteiger partial charge in [0.25, 0.3) is 0 Å². The van der Waals surface area contributed by atoms with Crippen molar-refractivity contribution in [2.75, 3.05) is 0 Å². The summed E-state index contributed by atoms with van der Waals surface area (Å²) in [7, 11) is 0. The third-order valence-electron chi connectivity index (χ3n) is 4.31. The molecule has 2 fully saturated rings. The first-order valence-electron chi connectivity index (χ1n) is 6.65. The highest BCUT2D eigenvalue weighted by Crippen LogP contribution is 2.40. The fourth-order valence-corrected chi connectivity index (χ4v) is 2.87. The topological polar surface area (TPSA) is 83.6 Å². The Balaban J connectivity index is 2.26. The maximum Gasteiger partial charge on any atom is 0.249 e. The van der Waals surface area contributed by atoms with Gasteiger partial charge in [-0.15, -0.1) is 0 Å². The summed E-state index contributed by atoms with van der Waals surface area (Å²) in [5.41, 5.74) is -0.668. The minimum atomic E-state index is -0.822. The average Bonchev–Trinajstić information content (AvgIpc) is 2.62. The Morgan fingerprint density at radius 2 is 1.84 bits per heavy atom. The quantitative estimate of drug-likeness (QED) is 0.747. The first kappa shape index (κ1) is 13.7. The van der Waals surface area contributed by atoms with Crippen molar-refractivity contribution in [1.29, 1.82) is 0 Å². The fraction of sp³-hybridized carbons (Fsp3) is 0.692. The summed E-state index contributed by atoms with van der Waals surface area (Å²) in [6, 6.07) is -0.822. The van der Waals surface area contributed by atoms with Crippen LogP contribution in [0.2, 0.25) is 0 Å². The molecule has 2 saturated heterocycles. The summed E-state index contributed by atoms with van der Waals surface area (Å²) in [5, 5.41) is 2.19. The molecule has 6 nitrogen and oxygen atoms in total. The van der Waals surface area contributed by atoms with E-state index in [-0.39, 0.29) is 37.0 Å². The van der Waals surface area contributed by atoms with Gasteiger partial charge in [0, 0.05) is 12.8 Å². The number of piperidine rings is 1. The molecule has 0 bridgehead atoms. The minimum Gasteiger partial charge on any atom is -0.295 e. The van der Waals surface area contributed by atoms with Crippen LogP contribution in [-0.4, -0.2) is 34.6 Å². The summed E-state index contributed by atoms with van der Waals surface area (Å²) in [5.74, 6) is -1.46. The second-order valence-corrected chi connectivity index (χ2v) is 5.20. The van der Waals surface area contributed by atoms with E-state index in [2.05, 4.69) is 5.32 Å². The molecule has 2 aliphatic heterocycles. The van der Waals surface area contributed by atoms with Crippen LogP contribution < -0.4 is 5.32 Å². The van der Waals surface area contributed by atoms with E-state index >= 15 is 0 Å². The van der Waals surface area contributed by atoms with Crippen LogP contribution in [0.15, 0.2) is 0 Å². The van der Waals surface area contributed by atoms with Gasteiger partial charge in [0.15, 0.2) is 0 Å². The van der Waals surface area contributed by atoms with Crippen molar-refractivity contribution in [3.05, 3.63) is 0 Å². The monoisotopic (exact) mass is 266 g/mol. The van der Waals surface area contributed by atoms with Gasteiger partial charge in [-0.2, -0.15) is 0 Å². The van der Waals surface area contributed by atoms with Crippen LogP contribution >= 0.6 is 0 Å². The molecule has 1 unspecified atom stereocenters. The fourth-order valence-electron chi connectivity index (χ4n) is 2.87. The minimum absolute atomic E-state index is 0.163. The zero-order valence-corrected chi connectivity index (χ0v) is 11.2. The SMILES string of the molecule is CCC1(CC)CC(=O)N(C2CCC(=O)NC2=O)C1=O. The van der Waals surface area contributed by atoms with Gasteiger partial charge in [-0.25, -0.2) is 0 Å². The molecule has 2 aliphatic rings. The maximum absolute atomic E-state index is 12.5. The molecule has 6 heteroatoms. The highest BCUT2D eigenvalue weighted by molar-refractivity contribution is 6.11. The maximum atomic E-state index is 12.5. The van der Waals surface area contributed by atoms with Gasteiger partial charge >= 0.3 is 0 Å². The second-order valence-electron chi connectivity index (χ2n) is 5.20. The van der Waals surface area contributed by atoms with Gasteiger partial charge in [0.1, 0.15) is 6.04 Å². The zero-order chi connectivity index (χ0) is 14.2. The largest absolute Gasteiger partial charge is 0.295 e. The number of nitrogens with zero attached hydrogens (tertiary/aromatic N) is 1. The summed E-state index contributed by atoms with van der Waals surface area (Å²) >= 11 is 0. The Morgan fingerprint density at radius 3 is 2.32 bits per heavy atom. The number of carbonyl (C=O) groups is 4. The van der Waals surface area contributed by atoms with Crippen molar-refractivity contribution in [3.8, 4) is 0 Å². The van der Waals surface area contributed by atoms with E-state index in [1.807, 2.05) is 13.8 Å². The number of imide groups is 2. The standard InChI is InChI=1S/C13H18N2O4/c1-3-13(4-2)7-10(17)15(12(13)19)8-5-6-9(16)14-11(8)18/h8H,3-7H2,1-2H3,(H,14,16,18). The molecule has 0 aromatic heterocycles. The lowest BCUT2D eigenvalue weighted by atomic mass is 9.81. The molecule has 2 heterocycles. The molecule has 0 saturated carbocycles. The zero-order valence-electron chi connectivity index (χ0n) is 11.2. The number of likely N-dealkylation sites (tertiary alicyclic amines) is 1. The highest BCUT2D eigenvalue weighted by atomic mass is 16.2. The summed E-state index contributed by atoms with van der Waals surface area (Å²) < 4.78 is 0. The molecule has 0 spiro atoms. The lowest BCUT2D eigenvalue weighted by Crippen LogP contribution is -2.55. The third-order valence-corrected chi connectivity index (χ3v) is 4.31.